The Labute approximate surface area is 223 Å². The molecule has 0 spiro atoms. The summed E-state index contributed by atoms with van der Waals surface area (Å²) in [7, 11) is 0. The molecule has 0 aliphatic carbocycles. The molecule has 0 aromatic heterocycles. The summed E-state index contributed by atoms with van der Waals surface area (Å²) in [5, 5.41) is 0. The van der Waals surface area contributed by atoms with Crippen LogP contribution < -0.4 is 16.2 Å². The Morgan fingerprint density at radius 3 is 2.18 bits per heavy atom. The van der Waals surface area contributed by atoms with Gasteiger partial charge in [-0.3, -0.25) is 0 Å². The van der Waals surface area contributed by atoms with E-state index in [9.17, 15) is 26.7 Å². The summed E-state index contributed by atoms with van der Waals surface area (Å²) >= 11 is 0. The number of nitrogen functional groups attached to an aromatic ring is 2. The molecular weight excluding hydrogens is 519 g/mol. The van der Waals surface area contributed by atoms with Gasteiger partial charge in [0.1, 0.15) is 5.75 Å². The first-order valence-corrected chi connectivity index (χ1v) is 12.2. The quantitative estimate of drug-likeness (QED) is 0.0833. The van der Waals surface area contributed by atoms with Gasteiger partial charge in [-0.1, -0.05) is 30.3 Å². The maximum absolute atomic E-state index is 14.6. The zero-order chi connectivity index (χ0) is 28.5. The lowest BCUT2D eigenvalue weighted by Crippen LogP contribution is -2.21. The number of ether oxygens (including phenoxy) is 2. The second kappa shape index (κ2) is 13.1. The summed E-state index contributed by atoms with van der Waals surface area (Å²) in [6.07, 6.45) is -4.88. The van der Waals surface area contributed by atoms with Gasteiger partial charge in [0.15, 0.2) is 0 Å². The second-order valence-corrected chi connectivity index (χ2v) is 8.92. The maximum atomic E-state index is 14.6. The second-order valence-electron chi connectivity index (χ2n) is 8.92. The highest BCUT2D eigenvalue weighted by Gasteiger charge is 2.34. The van der Waals surface area contributed by atoms with Crippen molar-refractivity contribution in [2.24, 2.45) is 0 Å². The van der Waals surface area contributed by atoms with Crippen LogP contribution in [0.2, 0.25) is 0 Å². The molecule has 0 saturated carbocycles. The molecule has 10 heteroatoms. The molecule has 0 bridgehead atoms. The minimum Gasteiger partial charge on any atom is -0.463 e. The summed E-state index contributed by atoms with van der Waals surface area (Å²) in [6.45, 7) is 0.198. The third-order valence-corrected chi connectivity index (χ3v) is 5.76. The van der Waals surface area contributed by atoms with Gasteiger partial charge in [-0.15, -0.1) is 0 Å². The van der Waals surface area contributed by atoms with Crippen LogP contribution in [0, 0.1) is 0 Å². The zero-order valence-electron chi connectivity index (χ0n) is 21.0. The monoisotopic (exact) mass is 548 g/mol. The number of hydrogen-bond donors (Lipinski definition) is 2. The van der Waals surface area contributed by atoms with Crippen molar-refractivity contribution in [1.29, 1.82) is 0 Å². The van der Waals surface area contributed by atoms with Gasteiger partial charge in [0, 0.05) is 23.9 Å². The number of hydrogen-bond acceptors (Lipinski definition) is 5. The van der Waals surface area contributed by atoms with E-state index < -0.39 is 30.2 Å². The molecular formula is C29H29F5N2O3. The molecule has 0 radical (unpaired) electrons. The minimum absolute atomic E-state index is 0.101. The first-order chi connectivity index (χ1) is 18.4. The van der Waals surface area contributed by atoms with Gasteiger partial charge in [0.2, 0.25) is 0 Å². The SMILES string of the molecule is Nc1ccc(CCCOC(=O)/C=C/c2ccc(OC(F)(F)c3ccc(CCCC(F)(F)F)cc3)cc2)c(N)c1. The summed E-state index contributed by atoms with van der Waals surface area (Å²) in [5.41, 5.74) is 14.3. The number of carbonyl (C=O) groups excluding carboxylic acids is 1. The molecule has 3 aromatic carbocycles. The van der Waals surface area contributed by atoms with E-state index in [0.717, 1.165) is 17.7 Å². The van der Waals surface area contributed by atoms with Gasteiger partial charge in [-0.25, -0.2) is 4.79 Å². The third-order valence-electron chi connectivity index (χ3n) is 5.76. The Bertz CT molecular complexity index is 1260. The fourth-order valence-corrected chi connectivity index (χ4v) is 3.70. The lowest BCUT2D eigenvalue weighted by Gasteiger charge is -2.18. The number of rotatable bonds is 12. The third kappa shape index (κ3) is 9.96. The molecule has 5 nitrogen and oxygen atoms in total. The van der Waals surface area contributed by atoms with Crippen molar-refractivity contribution >= 4 is 23.4 Å². The topological polar surface area (TPSA) is 87.6 Å². The van der Waals surface area contributed by atoms with Crippen molar-refractivity contribution in [3.8, 4) is 5.75 Å². The average Bonchev–Trinajstić information content (AvgIpc) is 2.86. The summed E-state index contributed by atoms with van der Waals surface area (Å²) in [4.78, 5) is 12.0. The number of halogens is 5. The molecule has 0 aliphatic heterocycles. The Hall–Kier alpha value is -4.08. The van der Waals surface area contributed by atoms with Crippen molar-refractivity contribution < 1.29 is 36.2 Å². The molecule has 0 saturated heterocycles. The standard InChI is InChI=1S/C29H29F5N2O3/c30-28(31,32)17-1-3-20-5-11-23(12-6-20)29(33,34)39-25-14-7-21(8-15-25)9-16-27(37)38-18-2-4-22-10-13-24(35)19-26(22)36/h5-16,19H,1-4,17-18,35-36H2/b16-9+. The van der Waals surface area contributed by atoms with E-state index in [1.807, 2.05) is 6.07 Å². The summed E-state index contributed by atoms with van der Waals surface area (Å²) < 4.78 is 76.0. The van der Waals surface area contributed by atoms with Crippen LogP contribution in [0.3, 0.4) is 0 Å². The largest absolute Gasteiger partial charge is 0.463 e. The van der Waals surface area contributed by atoms with E-state index in [-0.39, 0.29) is 25.2 Å². The molecule has 0 unspecified atom stereocenters. The Morgan fingerprint density at radius 1 is 0.846 bits per heavy atom. The number of anilines is 2. The van der Waals surface area contributed by atoms with E-state index in [1.54, 1.807) is 12.1 Å². The molecule has 0 aliphatic rings. The van der Waals surface area contributed by atoms with E-state index in [2.05, 4.69) is 0 Å². The number of carbonyl (C=O) groups is 1. The van der Waals surface area contributed by atoms with E-state index in [4.69, 9.17) is 20.9 Å². The van der Waals surface area contributed by atoms with Crippen LogP contribution in [0.4, 0.5) is 33.3 Å². The molecule has 4 N–H and O–H groups in total. The van der Waals surface area contributed by atoms with Crippen molar-refractivity contribution in [3.63, 3.8) is 0 Å². The molecule has 0 heterocycles. The molecule has 3 rings (SSSR count). The van der Waals surface area contributed by atoms with Gasteiger partial charge >= 0.3 is 18.3 Å². The van der Waals surface area contributed by atoms with Gasteiger partial charge in [0.25, 0.3) is 0 Å². The number of benzene rings is 3. The molecule has 0 atom stereocenters. The van der Waals surface area contributed by atoms with Crippen LogP contribution in [0.1, 0.15) is 41.5 Å². The Kier molecular flexibility index (Phi) is 9.92. The Balaban J connectivity index is 1.44. The van der Waals surface area contributed by atoms with Crippen LogP contribution >= 0.6 is 0 Å². The normalized spacial score (nSPS) is 12.0. The fourth-order valence-electron chi connectivity index (χ4n) is 3.70. The number of alkyl halides is 5. The first kappa shape index (κ1) is 29.5. The minimum atomic E-state index is -4.25. The van der Waals surface area contributed by atoms with Gasteiger partial charge in [-0.05, 0) is 84.8 Å². The fraction of sp³-hybridized carbons (Fsp3) is 0.276. The molecule has 39 heavy (non-hydrogen) atoms. The van der Waals surface area contributed by atoms with E-state index >= 15 is 0 Å². The number of nitrogens with two attached hydrogens (primary N) is 2. The summed E-state index contributed by atoms with van der Waals surface area (Å²) in [6, 6.07) is 15.9. The van der Waals surface area contributed by atoms with E-state index in [1.165, 1.54) is 48.6 Å². The Morgan fingerprint density at radius 2 is 1.54 bits per heavy atom. The predicted octanol–water partition coefficient (Wildman–Crippen LogP) is 7.05. The van der Waals surface area contributed by atoms with Crippen LogP contribution in [-0.2, 0) is 28.5 Å². The highest BCUT2D eigenvalue weighted by Crippen LogP contribution is 2.32. The first-order valence-electron chi connectivity index (χ1n) is 12.2. The maximum Gasteiger partial charge on any atom is 0.426 e. The van der Waals surface area contributed by atoms with Gasteiger partial charge in [-0.2, -0.15) is 22.0 Å². The van der Waals surface area contributed by atoms with Crippen molar-refractivity contribution in [2.75, 3.05) is 18.1 Å². The van der Waals surface area contributed by atoms with Crippen LogP contribution in [0.5, 0.6) is 5.75 Å². The lowest BCUT2D eigenvalue weighted by molar-refractivity contribution is -0.185. The molecule has 0 fully saturated rings. The van der Waals surface area contributed by atoms with Crippen molar-refractivity contribution in [2.45, 2.75) is 44.4 Å². The average molecular weight is 549 g/mol. The molecule has 0 amide bonds. The smallest absolute Gasteiger partial charge is 0.426 e. The molecule has 208 valence electrons. The van der Waals surface area contributed by atoms with Gasteiger partial charge < -0.3 is 20.9 Å². The highest BCUT2D eigenvalue weighted by molar-refractivity contribution is 5.87. The predicted molar refractivity (Wildman–Crippen MR) is 140 cm³/mol. The van der Waals surface area contributed by atoms with Crippen LogP contribution in [0.25, 0.3) is 6.08 Å². The molecule has 3 aromatic rings. The van der Waals surface area contributed by atoms with Crippen LogP contribution in [-0.4, -0.2) is 18.8 Å². The van der Waals surface area contributed by atoms with Crippen molar-refractivity contribution in [1.82, 2.24) is 0 Å². The van der Waals surface area contributed by atoms with Gasteiger partial charge in [0.05, 0.1) is 12.2 Å². The van der Waals surface area contributed by atoms with Crippen LogP contribution in [0.15, 0.2) is 72.8 Å². The van der Waals surface area contributed by atoms with E-state index in [0.29, 0.717) is 35.3 Å². The highest BCUT2D eigenvalue weighted by atomic mass is 19.4. The number of esters is 1. The number of aryl methyl sites for hydroxylation is 2. The van der Waals surface area contributed by atoms with Crippen molar-refractivity contribution in [3.05, 3.63) is 95.1 Å². The zero-order valence-corrected chi connectivity index (χ0v) is 21.0. The lowest BCUT2D eigenvalue weighted by atomic mass is 10.1. The summed E-state index contributed by atoms with van der Waals surface area (Å²) in [5.74, 6) is -0.648.